The van der Waals surface area contributed by atoms with Crippen LogP contribution in [0.25, 0.3) is 22.1 Å². The van der Waals surface area contributed by atoms with Crippen molar-refractivity contribution in [3.63, 3.8) is 0 Å². The van der Waals surface area contributed by atoms with E-state index < -0.39 is 0 Å². The average Bonchev–Trinajstić information content (AvgIpc) is 3.28. The lowest BCUT2D eigenvalue weighted by Crippen LogP contribution is -2.11. The minimum atomic E-state index is 0. The van der Waals surface area contributed by atoms with Crippen LogP contribution in [0.3, 0.4) is 0 Å². The zero-order chi connectivity index (χ0) is 22.2. The van der Waals surface area contributed by atoms with Crippen molar-refractivity contribution in [2.45, 2.75) is 20.0 Å². The van der Waals surface area contributed by atoms with Crippen molar-refractivity contribution in [1.82, 2.24) is 19.1 Å². The lowest BCUT2D eigenvalue weighted by atomic mass is 10.2. The van der Waals surface area contributed by atoms with E-state index in [4.69, 9.17) is 16.1 Å². The zero-order valence-electron chi connectivity index (χ0n) is 18.5. The van der Waals surface area contributed by atoms with Crippen molar-refractivity contribution in [2.24, 2.45) is 12.8 Å². The summed E-state index contributed by atoms with van der Waals surface area (Å²) in [5.41, 5.74) is 12.7. The van der Waals surface area contributed by atoms with E-state index in [9.17, 15) is 0 Å². The van der Waals surface area contributed by atoms with Crippen LogP contribution in [0, 0.1) is 12.3 Å². The third-order valence-electron chi connectivity index (χ3n) is 5.87. The first-order valence-corrected chi connectivity index (χ1v) is 10.5. The van der Waals surface area contributed by atoms with E-state index in [1.54, 1.807) is 0 Å². The summed E-state index contributed by atoms with van der Waals surface area (Å²) in [6, 6.07) is 22.2. The first-order valence-electron chi connectivity index (χ1n) is 10.5. The second kappa shape index (κ2) is 8.96. The van der Waals surface area contributed by atoms with Crippen LogP contribution in [0.2, 0.25) is 0 Å². The number of amidine groups is 1. The van der Waals surface area contributed by atoms with Crippen LogP contribution in [-0.4, -0.2) is 24.9 Å². The van der Waals surface area contributed by atoms with Crippen LogP contribution < -0.4 is 11.1 Å². The fourth-order valence-electron chi connectivity index (χ4n) is 4.08. The summed E-state index contributed by atoms with van der Waals surface area (Å²) in [6.07, 6.45) is 0. The van der Waals surface area contributed by atoms with Crippen LogP contribution in [-0.2, 0) is 20.1 Å². The molecular formula is C25H26ClN7. The number of imidazole rings is 2. The smallest absolute Gasteiger partial charge is 0.128 e. The third kappa shape index (κ3) is 4.27. The van der Waals surface area contributed by atoms with Gasteiger partial charge in [-0.15, -0.1) is 12.4 Å². The van der Waals surface area contributed by atoms with Crippen molar-refractivity contribution < 1.29 is 0 Å². The number of anilines is 1. The highest BCUT2D eigenvalue weighted by Gasteiger charge is 2.11. The molecule has 0 atom stereocenters. The number of hydrogen-bond donors (Lipinski definition) is 3. The first kappa shape index (κ1) is 22.4. The summed E-state index contributed by atoms with van der Waals surface area (Å²) in [6.45, 7) is 3.41. The van der Waals surface area contributed by atoms with Crippen LogP contribution >= 0.6 is 12.4 Å². The number of nitrogens with one attached hydrogen (secondary N) is 2. The van der Waals surface area contributed by atoms with Gasteiger partial charge in [0.05, 0.1) is 28.6 Å². The molecule has 0 aliphatic carbocycles. The highest BCUT2D eigenvalue weighted by Crippen LogP contribution is 2.21. The Morgan fingerprint density at radius 2 is 1.73 bits per heavy atom. The zero-order valence-corrected chi connectivity index (χ0v) is 19.4. The summed E-state index contributed by atoms with van der Waals surface area (Å²) < 4.78 is 4.36. The van der Waals surface area contributed by atoms with Gasteiger partial charge in [0.25, 0.3) is 0 Å². The molecule has 0 amide bonds. The van der Waals surface area contributed by atoms with E-state index in [-0.39, 0.29) is 18.2 Å². The summed E-state index contributed by atoms with van der Waals surface area (Å²) in [5.74, 6) is 2.03. The predicted octanol–water partition coefficient (Wildman–Crippen LogP) is 4.60. The van der Waals surface area contributed by atoms with E-state index >= 15 is 0 Å². The van der Waals surface area contributed by atoms with Gasteiger partial charge >= 0.3 is 0 Å². The van der Waals surface area contributed by atoms with Crippen molar-refractivity contribution in [3.05, 3.63) is 89.5 Å². The molecule has 0 saturated heterocycles. The van der Waals surface area contributed by atoms with E-state index in [1.165, 1.54) is 5.56 Å². The molecule has 5 rings (SSSR count). The predicted molar refractivity (Wildman–Crippen MR) is 136 cm³/mol. The van der Waals surface area contributed by atoms with Gasteiger partial charge in [0.1, 0.15) is 17.5 Å². The minimum absolute atomic E-state index is 0. The van der Waals surface area contributed by atoms with Gasteiger partial charge in [-0.05, 0) is 61.0 Å². The maximum absolute atomic E-state index is 7.50. The number of nitrogen functional groups attached to an aromatic ring is 1. The molecule has 4 N–H and O–H groups in total. The molecule has 2 aromatic heterocycles. The molecule has 0 saturated carbocycles. The Balaban J connectivity index is 0.00000259. The van der Waals surface area contributed by atoms with E-state index in [0.29, 0.717) is 12.1 Å². The number of hydrogen-bond acceptors (Lipinski definition) is 4. The maximum atomic E-state index is 7.50. The van der Waals surface area contributed by atoms with E-state index in [2.05, 4.69) is 49.8 Å². The second-order valence-electron chi connectivity index (χ2n) is 7.99. The molecule has 168 valence electrons. The summed E-state index contributed by atoms with van der Waals surface area (Å²) in [4.78, 5) is 9.54. The fourth-order valence-corrected chi connectivity index (χ4v) is 4.08. The minimum Gasteiger partial charge on any atom is -0.384 e. The van der Waals surface area contributed by atoms with Gasteiger partial charge in [-0.1, -0.05) is 18.2 Å². The van der Waals surface area contributed by atoms with Gasteiger partial charge in [0.15, 0.2) is 0 Å². The Labute approximate surface area is 198 Å². The third-order valence-corrected chi connectivity index (χ3v) is 5.87. The number of halogens is 1. The maximum Gasteiger partial charge on any atom is 0.128 e. The molecular weight excluding hydrogens is 434 g/mol. The molecule has 2 heterocycles. The van der Waals surface area contributed by atoms with Crippen molar-refractivity contribution >= 4 is 46.0 Å². The molecule has 7 nitrogen and oxygen atoms in total. The Morgan fingerprint density at radius 3 is 2.48 bits per heavy atom. The first-order chi connectivity index (χ1) is 15.5. The normalized spacial score (nSPS) is 11.0. The largest absolute Gasteiger partial charge is 0.384 e. The molecule has 0 spiro atoms. The molecule has 0 aliphatic heterocycles. The fraction of sp³-hybridized carbons (Fsp3) is 0.160. The Morgan fingerprint density at radius 1 is 0.970 bits per heavy atom. The Bertz CT molecular complexity index is 1450. The number of aromatic nitrogens is 4. The average molecular weight is 460 g/mol. The van der Waals surface area contributed by atoms with Crippen LogP contribution in [0.4, 0.5) is 5.69 Å². The van der Waals surface area contributed by atoms with E-state index in [0.717, 1.165) is 45.9 Å². The van der Waals surface area contributed by atoms with Crippen LogP contribution in [0.15, 0.2) is 66.7 Å². The van der Waals surface area contributed by atoms with Crippen molar-refractivity contribution in [3.8, 4) is 0 Å². The van der Waals surface area contributed by atoms with Gasteiger partial charge < -0.3 is 20.2 Å². The molecule has 5 aromatic rings. The van der Waals surface area contributed by atoms with Gasteiger partial charge in [-0.3, -0.25) is 5.41 Å². The van der Waals surface area contributed by atoms with Crippen LogP contribution in [0.5, 0.6) is 0 Å². The topological polar surface area (TPSA) is 97.5 Å². The monoisotopic (exact) mass is 459 g/mol. The van der Waals surface area contributed by atoms with E-state index in [1.807, 2.05) is 50.4 Å². The quantitative estimate of drug-likeness (QED) is 0.255. The number of aryl methyl sites for hydroxylation is 2. The molecule has 0 unspecified atom stereocenters. The number of fused-ring (bicyclic) bond motifs is 2. The molecule has 8 heteroatoms. The Hall–Kier alpha value is -3.84. The Kier molecular flexibility index (Phi) is 6.07. The van der Waals surface area contributed by atoms with Crippen molar-refractivity contribution in [2.75, 3.05) is 5.32 Å². The van der Waals surface area contributed by atoms with Crippen molar-refractivity contribution in [1.29, 1.82) is 5.41 Å². The molecule has 3 aromatic carbocycles. The summed E-state index contributed by atoms with van der Waals surface area (Å²) >= 11 is 0. The molecule has 0 aliphatic rings. The van der Waals surface area contributed by atoms with Gasteiger partial charge in [0, 0.05) is 24.8 Å². The van der Waals surface area contributed by atoms with Gasteiger partial charge in [0.2, 0.25) is 0 Å². The lowest BCUT2D eigenvalue weighted by molar-refractivity contribution is 0.786. The number of para-hydroxylation sites is 2. The number of benzene rings is 3. The van der Waals surface area contributed by atoms with Gasteiger partial charge in [-0.2, -0.15) is 0 Å². The number of nitrogens with two attached hydrogens (primary N) is 1. The molecule has 0 radical (unpaired) electrons. The lowest BCUT2D eigenvalue weighted by Gasteiger charge is -2.08. The molecule has 33 heavy (non-hydrogen) atoms. The second-order valence-corrected chi connectivity index (χ2v) is 7.99. The molecule has 0 fully saturated rings. The number of nitrogens with zero attached hydrogens (tertiary/aromatic N) is 4. The number of rotatable bonds is 6. The SMILES string of the molecule is Cc1nc2ccccc2n1Cc1ccc2c(c1)nc(CNc1ccc(C(=N)N)cc1)n2C.Cl. The summed E-state index contributed by atoms with van der Waals surface area (Å²) in [5, 5.41) is 10.9. The summed E-state index contributed by atoms with van der Waals surface area (Å²) in [7, 11) is 2.04. The van der Waals surface area contributed by atoms with Gasteiger partial charge in [-0.25, -0.2) is 9.97 Å². The highest BCUT2D eigenvalue weighted by molar-refractivity contribution is 5.95. The standard InChI is InChI=1S/C25H25N7.ClH/c1-16-29-20-5-3-4-6-23(20)32(16)15-17-7-12-22-21(13-17)30-24(31(22)2)14-28-19-10-8-18(9-11-19)25(26)27;/h3-13,28H,14-15H2,1-2H3,(H3,26,27);1H. The van der Waals surface area contributed by atoms with Crippen LogP contribution in [0.1, 0.15) is 22.8 Å². The molecule has 0 bridgehead atoms. The highest BCUT2D eigenvalue weighted by atomic mass is 35.5.